The number of non-ortho nitro benzene ring substituents is 1. The molecule has 2 aromatic carbocycles. The second-order valence-corrected chi connectivity index (χ2v) is 12.6. The van der Waals surface area contributed by atoms with Crippen LogP contribution >= 0.6 is 35.7 Å². The molecule has 2 fully saturated rings. The molecular weight excluding hydrogens is 535 g/mol. The van der Waals surface area contributed by atoms with E-state index in [4.69, 9.17) is 12.2 Å². The topological polar surface area (TPSA) is 68.4 Å². The van der Waals surface area contributed by atoms with Crippen LogP contribution in [-0.4, -0.2) is 31.2 Å². The highest BCUT2D eigenvalue weighted by Gasteiger charge is 2.32. The molecule has 0 unspecified atom stereocenters. The maximum Gasteiger partial charge on any atom is 0.269 e. The normalized spacial score (nSPS) is 17.2. The van der Waals surface area contributed by atoms with Crippen molar-refractivity contribution >= 4 is 57.7 Å². The van der Waals surface area contributed by atoms with Crippen molar-refractivity contribution in [2.75, 3.05) is 6.54 Å². The number of nitrogens with zero attached hydrogens (tertiary/aromatic N) is 3. The molecule has 1 saturated carbocycles. The number of hydrogen-bond donors (Lipinski definition) is 0. The van der Waals surface area contributed by atoms with Crippen molar-refractivity contribution < 1.29 is 9.72 Å². The minimum absolute atomic E-state index is 0.0235. The Labute approximate surface area is 236 Å². The highest BCUT2D eigenvalue weighted by Crippen LogP contribution is 2.36. The molecular formula is C29H29N3O3S3. The van der Waals surface area contributed by atoms with Gasteiger partial charge in [0.1, 0.15) is 4.32 Å². The van der Waals surface area contributed by atoms with Crippen LogP contribution in [-0.2, 0) is 4.79 Å². The number of hydrogen-bond acceptors (Lipinski definition) is 6. The number of amides is 1. The first-order valence-corrected chi connectivity index (χ1v) is 14.8. The Morgan fingerprint density at radius 3 is 2.34 bits per heavy atom. The fourth-order valence-electron chi connectivity index (χ4n) is 5.21. The number of rotatable bonds is 8. The zero-order chi connectivity index (χ0) is 26.8. The molecule has 1 aromatic heterocycles. The lowest BCUT2D eigenvalue weighted by Crippen LogP contribution is -2.30. The number of aromatic nitrogens is 1. The zero-order valence-corrected chi connectivity index (χ0v) is 23.8. The summed E-state index contributed by atoms with van der Waals surface area (Å²) >= 11 is 8.52. The van der Waals surface area contributed by atoms with Gasteiger partial charge in [-0.25, -0.2) is 0 Å². The molecule has 1 amide bonds. The van der Waals surface area contributed by atoms with E-state index in [-0.39, 0.29) is 11.6 Å². The number of thiocarbonyl (C=S) groups is 1. The smallest absolute Gasteiger partial charge is 0.269 e. The number of nitro benzene ring substituents is 1. The second-order valence-electron chi connectivity index (χ2n) is 9.78. The molecule has 0 bridgehead atoms. The first-order valence-electron chi connectivity index (χ1n) is 12.8. The van der Waals surface area contributed by atoms with E-state index >= 15 is 0 Å². The predicted molar refractivity (Wildman–Crippen MR) is 159 cm³/mol. The van der Waals surface area contributed by atoms with E-state index in [1.807, 2.05) is 6.08 Å². The summed E-state index contributed by atoms with van der Waals surface area (Å²) in [7, 11) is 0. The summed E-state index contributed by atoms with van der Waals surface area (Å²) in [6.45, 7) is 4.85. The van der Waals surface area contributed by atoms with Crippen LogP contribution in [0.25, 0.3) is 11.8 Å². The van der Waals surface area contributed by atoms with Crippen LogP contribution < -0.4 is 0 Å². The molecule has 5 rings (SSSR count). The van der Waals surface area contributed by atoms with E-state index < -0.39 is 4.92 Å². The van der Waals surface area contributed by atoms with Crippen molar-refractivity contribution in [3.63, 3.8) is 0 Å². The summed E-state index contributed by atoms with van der Waals surface area (Å²) in [6, 6.07) is 16.9. The summed E-state index contributed by atoms with van der Waals surface area (Å²) in [5, 5.41) is 10.9. The van der Waals surface area contributed by atoms with Gasteiger partial charge in [0.15, 0.2) is 0 Å². The van der Waals surface area contributed by atoms with Crippen LogP contribution in [0.2, 0.25) is 0 Å². The minimum atomic E-state index is -0.391. The van der Waals surface area contributed by atoms with Crippen molar-refractivity contribution in [2.24, 2.45) is 5.92 Å². The van der Waals surface area contributed by atoms with Crippen molar-refractivity contribution in [3.8, 4) is 5.69 Å². The Balaban J connectivity index is 1.29. The third-order valence-corrected chi connectivity index (χ3v) is 9.64. The highest BCUT2D eigenvalue weighted by atomic mass is 32.2. The molecule has 3 aromatic rings. The highest BCUT2D eigenvalue weighted by molar-refractivity contribution is 8.26. The standard InChI is InChI=1S/C29H29N3O3S3/c1-19-17-22(18-27-28(33)30(29(36)38-27)16-15-21-5-3-4-6-21)20(2)31(19)23-7-11-25(12-8-23)37-26-13-9-24(10-14-26)32(34)35/h7-14,17-18,21H,3-6,15-16H2,1-2H3/b27-18-. The van der Waals surface area contributed by atoms with Gasteiger partial charge in [-0.05, 0) is 80.3 Å². The molecule has 38 heavy (non-hydrogen) atoms. The van der Waals surface area contributed by atoms with E-state index in [1.165, 1.54) is 49.6 Å². The fourth-order valence-corrected chi connectivity index (χ4v) is 7.33. The molecule has 1 saturated heterocycles. The van der Waals surface area contributed by atoms with Gasteiger partial charge >= 0.3 is 0 Å². The average Bonchev–Trinajstić information content (AvgIpc) is 3.58. The van der Waals surface area contributed by atoms with E-state index in [0.717, 1.165) is 51.3 Å². The van der Waals surface area contributed by atoms with Gasteiger partial charge in [-0.3, -0.25) is 19.8 Å². The summed E-state index contributed by atoms with van der Waals surface area (Å²) in [5.74, 6) is 0.747. The molecule has 196 valence electrons. The molecule has 0 N–H and O–H groups in total. The monoisotopic (exact) mass is 563 g/mol. The van der Waals surface area contributed by atoms with Gasteiger partial charge in [-0.15, -0.1) is 0 Å². The van der Waals surface area contributed by atoms with Crippen molar-refractivity contribution in [1.82, 2.24) is 9.47 Å². The molecule has 2 heterocycles. The second kappa shape index (κ2) is 11.5. The maximum absolute atomic E-state index is 13.1. The van der Waals surface area contributed by atoms with Crippen LogP contribution in [0.3, 0.4) is 0 Å². The molecule has 6 nitrogen and oxygen atoms in total. The van der Waals surface area contributed by atoms with Crippen LogP contribution in [0, 0.1) is 29.9 Å². The number of thioether (sulfide) groups is 1. The van der Waals surface area contributed by atoms with Gasteiger partial charge in [0.05, 0.1) is 9.83 Å². The molecule has 0 atom stereocenters. The minimum Gasteiger partial charge on any atom is -0.318 e. The van der Waals surface area contributed by atoms with Crippen LogP contribution in [0.4, 0.5) is 5.69 Å². The van der Waals surface area contributed by atoms with E-state index in [9.17, 15) is 14.9 Å². The lowest BCUT2D eigenvalue weighted by Gasteiger charge is -2.17. The van der Waals surface area contributed by atoms with Gasteiger partial charge < -0.3 is 4.57 Å². The van der Waals surface area contributed by atoms with Crippen molar-refractivity contribution in [2.45, 2.75) is 55.7 Å². The fraction of sp³-hybridized carbons (Fsp3) is 0.310. The lowest BCUT2D eigenvalue weighted by molar-refractivity contribution is -0.384. The largest absolute Gasteiger partial charge is 0.318 e. The molecule has 0 spiro atoms. The van der Waals surface area contributed by atoms with Crippen LogP contribution in [0.5, 0.6) is 0 Å². The van der Waals surface area contributed by atoms with E-state index in [1.54, 1.807) is 28.8 Å². The number of carbonyl (C=O) groups is 1. The first kappa shape index (κ1) is 26.7. The Morgan fingerprint density at radius 1 is 1.08 bits per heavy atom. The van der Waals surface area contributed by atoms with Gasteiger partial charge in [-0.2, -0.15) is 0 Å². The quantitative estimate of drug-likeness (QED) is 0.120. The Bertz CT molecular complexity index is 1410. The first-order chi connectivity index (χ1) is 18.3. The summed E-state index contributed by atoms with van der Waals surface area (Å²) in [6.07, 6.45) is 8.17. The third kappa shape index (κ3) is 5.75. The van der Waals surface area contributed by atoms with Gasteiger partial charge in [0.25, 0.3) is 11.6 Å². The lowest BCUT2D eigenvalue weighted by atomic mass is 10.0. The van der Waals surface area contributed by atoms with E-state index in [2.05, 4.69) is 48.7 Å². The predicted octanol–water partition coefficient (Wildman–Crippen LogP) is 7.94. The maximum atomic E-state index is 13.1. The summed E-state index contributed by atoms with van der Waals surface area (Å²) in [4.78, 5) is 28.1. The molecule has 9 heteroatoms. The Morgan fingerprint density at radius 2 is 1.71 bits per heavy atom. The number of nitro groups is 1. The van der Waals surface area contributed by atoms with Crippen LogP contribution in [0.15, 0.2) is 69.3 Å². The van der Waals surface area contributed by atoms with Gasteiger partial charge in [0.2, 0.25) is 0 Å². The van der Waals surface area contributed by atoms with Gasteiger partial charge in [-0.1, -0.05) is 61.4 Å². The SMILES string of the molecule is Cc1cc(/C=C2\SC(=S)N(CCC3CCCC3)C2=O)c(C)n1-c1ccc(Sc2ccc([N+](=O)[O-])cc2)cc1. The van der Waals surface area contributed by atoms with Crippen LogP contribution in [0.1, 0.15) is 49.1 Å². The third-order valence-electron chi connectivity index (χ3n) is 7.24. The summed E-state index contributed by atoms with van der Waals surface area (Å²) in [5.41, 5.74) is 4.29. The summed E-state index contributed by atoms with van der Waals surface area (Å²) < 4.78 is 2.85. The van der Waals surface area contributed by atoms with E-state index in [0.29, 0.717) is 9.23 Å². The number of carbonyl (C=O) groups excluding carboxylic acids is 1. The van der Waals surface area contributed by atoms with Gasteiger partial charge in [0, 0.05) is 45.5 Å². The molecule has 1 aliphatic carbocycles. The number of aryl methyl sites for hydroxylation is 1. The van der Waals surface area contributed by atoms with Crippen molar-refractivity contribution in [3.05, 3.63) is 86.6 Å². The Kier molecular flexibility index (Phi) is 8.07. The average molecular weight is 564 g/mol. The van der Waals surface area contributed by atoms with Crippen molar-refractivity contribution in [1.29, 1.82) is 0 Å². The molecule has 1 aliphatic heterocycles. The Hall–Kier alpha value is -2.88. The zero-order valence-electron chi connectivity index (χ0n) is 21.4. The number of benzene rings is 2. The molecule has 2 aliphatic rings. The molecule has 0 radical (unpaired) electrons.